The number of amides is 1. The molecule has 1 amide bonds. The number of methoxy groups -OCH3 is 1. The molecule has 1 fully saturated rings. The lowest BCUT2D eigenvalue weighted by molar-refractivity contribution is -0.110. The fraction of sp³-hybridized carbons (Fsp3) is 0.308. The van der Waals surface area contributed by atoms with Crippen LogP contribution in [-0.4, -0.2) is 67.6 Å². The lowest BCUT2D eigenvalue weighted by Crippen LogP contribution is -2.37. The molecule has 1 saturated heterocycles. The van der Waals surface area contributed by atoms with E-state index in [1.807, 2.05) is 24.3 Å². The summed E-state index contributed by atoms with van der Waals surface area (Å²) in [5.41, 5.74) is 2.65. The van der Waals surface area contributed by atoms with Crippen molar-refractivity contribution >= 4 is 34.5 Å². The lowest BCUT2D eigenvalue weighted by atomic mass is 9.98. The number of rotatable bonds is 8. The second-order valence-electron chi connectivity index (χ2n) is 8.47. The zero-order chi connectivity index (χ0) is 25.1. The third-order valence-electron chi connectivity index (χ3n) is 6.18. The molecule has 0 spiro atoms. The predicted octanol–water partition coefficient (Wildman–Crippen LogP) is 4.48. The number of aliphatic hydroxyl groups excluding tert-OH is 1. The Hall–Kier alpha value is -3.53. The van der Waals surface area contributed by atoms with Gasteiger partial charge in [-0.3, -0.25) is 9.69 Å². The van der Waals surface area contributed by atoms with Crippen molar-refractivity contribution in [1.29, 1.82) is 0 Å². The highest BCUT2D eigenvalue weighted by molar-refractivity contribution is 6.38. The largest absolute Gasteiger partial charge is 0.504 e. The van der Waals surface area contributed by atoms with Gasteiger partial charge in [0.25, 0.3) is 11.8 Å². The third-order valence-corrected chi connectivity index (χ3v) is 6.49. The first-order valence-electron chi connectivity index (χ1n) is 11.7. The molecule has 2 aromatic carbocycles. The van der Waals surface area contributed by atoms with E-state index in [4.69, 9.17) is 30.3 Å². The first-order chi connectivity index (χ1) is 17.5. The van der Waals surface area contributed by atoms with Gasteiger partial charge >= 0.3 is 0 Å². The number of hydrogen-bond donors (Lipinski definition) is 2. The van der Waals surface area contributed by atoms with Crippen molar-refractivity contribution in [2.75, 3.05) is 51.9 Å². The van der Waals surface area contributed by atoms with Crippen LogP contribution in [0.4, 0.5) is 5.69 Å². The zero-order valence-electron chi connectivity index (χ0n) is 19.8. The summed E-state index contributed by atoms with van der Waals surface area (Å²) in [6, 6.07) is 12.5. The normalized spacial score (nSPS) is 17.0. The summed E-state index contributed by atoms with van der Waals surface area (Å²) in [7, 11) is 1.43. The van der Waals surface area contributed by atoms with Crippen LogP contribution in [0.1, 0.15) is 17.7 Å². The number of halogens is 1. The Morgan fingerprint density at radius 3 is 2.67 bits per heavy atom. The summed E-state index contributed by atoms with van der Waals surface area (Å²) < 4.78 is 21.4. The van der Waals surface area contributed by atoms with Gasteiger partial charge in [-0.25, -0.2) is 0 Å². The van der Waals surface area contributed by atoms with E-state index >= 15 is 0 Å². The molecular weight excluding hydrogens is 486 g/mol. The van der Waals surface area contributed by atoms with Crippen LogP contribution < -0.4 is 14.8 Å². The minimum atomic E-state index is -0.466. The number of benzene rings is 2. The number of aromatic nitrogens is 1. The Morgan fingerprint density at radius 2 is 1.94 bits per heavy atom. The van der Waals surface area contributed by atoms with Crippen LogP contribution in [0.25, 0.3) is 22.5 Å². The Labute approximate surface area is 213 Å². The summed E-state index contributed by atoms with van der Waals surface area (Å²) >= 11 is 6.55. The molecule has 5 rings (SSSR count). The van der Waals surface area contributed by atoms with Gasteiger partial charge in [0, 0.05) is 30.8 Å². The number of nitrogens with zero attached hydrogens (tertiary/aromatic N) is 2. The van der Waals surface area contributed by atoms with Crippen molar-refractivity contribution < 1.29 is 28.6 Å². The van der Waals surface area contributed by atoms with Gasteiger partial charge in [0.2, 0.25) is 5.76 Å². The van der Waals surface area contributed by atoms with Gasteiger partial charge in [-0.2, -0.15) is 0 Å². The molecule has 1 aromatic heterocycles. The highest BCUT2D eigenvalue weighted by Crippen LogP contribution is 2.42. The van der Waals surface area contributed by atoms with E-state index in [1.54, 1.807) is 12.1 Å². The average Bonchev–Trinajstić information content (AvgIpc) is 3.50. The van der Waals surface area contributed by atoms with Crippen LogP contribution in [0.3, 0.4) is 0 Å². The summed E-state index contributed by atoms with van der Waals surface area (Å²) in [5.74, 6) is 0.183. The number of hydrogen-bond acceptors (Lipinski definition) is 8. The molecule has 0 saturated carbocycles. The molecule has 10 heteroatoms. The van der Waals surface area contributed by atoms with Gasteiger partial charge in [0.05, 0.1) is 49.3 Å². The van der Waals surface area contributed by atoms with Crippen molar-refractivity contribution in [2.24, 2.45) is 0 Å². The van der Waals surface area contributed by atoms with Crippen LogP contribution in [-0.2, 0) is 9.53 Å². The van der Waals surface area contributed by atoms with Crippen LogP contribution in [0.15, 0.2) is 47.0 Å². The molecule has 3 heterocycles. The highest BCUT2D eigenvalue weighted by Gasteiger charge is 2.31. The van der Waals surface area contributed by atoms with Crippen LogP contribution in [0.5, 0.6) is 11.6 Å². The maximum atomic E-state index is 12.7. The number of ether oxygens (including phenoxy) is 3. The number of fused-ring (bicyclic) bond motifs is 1. The molecular formula is C26H26ClN3O6. The van der Waals surface area contributed by atoms with Gasteiger partial charge < -0.3 is 29.2 Å². The molecule has 9 nitrogen and oxygen atoms in total. The summed E-state index contributed by atoms with van der Waals surface area (Å²) in [4.78, 5) is 15.0. The highest BCUT2D eigenvalue weighted by atomic mass is 35.5. The molecule has 2 aliphatic rings. The van der Waals surface area contributed by atoms with Gasteiger partial charge in [0.15, 0.2) is 5.76 Å². The quantitative estimate of drug-likeness (QED) is 0.259. The second kappa shape index (κ2) is 10.6. The SMILES string of the molecule is COc1cc(C(O)=C2C(=O)Nc3cc(Cl)c(-c4ccc(OCCCN5CCOCC5)cc4)cc32)on1. The number of morpholine rings is 1. The molecule has 188 valence electrons. The Kier molecular flexibility index (Phi) is 7.13. The van der Waals surface area contributed by atoms with Gasteiger partial charge in [-0.05, 0) is 41.4 Å². The summed E-state index contributed by atoms with van der Waals surface area (Å²) in [6.07, 6.45) is 0.940. The summed E-state index contributed by atoms with van der Waals surface area (Å²) in [6.45, 7) is 5.15. The molecule has 3 aromatic rings. The van der Waals surface area contributed by atoms with Gasteiger partial charge in [-0.1, -0.05) is 23.7 Å². The van der Waals surface area contributed by atoms with Crippen LogP contribution in [0.2, 0.25) is 5.02 Å². The number of aliphatic hydroxyl groups is 1. The topological polar surface area (TPSA) is 106 Å². The van der Waals surface area contributed by atoms with E-state index in [-0.39, 0.29) is 23.0 Å². The lowest BCUT2D eigenvalue weighted by Gasteiger charge is -2.26. The number of nitrogens with one attached hydrogen (secondary N) is 1. The van der Waals surface area contributed by atoms with Crippen LogP contribution in [0, 0.1) is 0 Å². The van der Waals surface area contributed by atoms with E-state index < -0.39 is 5.91 Å². The second-order valence-corrected chi connectivity index (χ2v) is 8.88. The first-order valence-corrected chi connectivity index (χ1v) is 12.0. The molecule has 0 radical (unpaired) electrons. The Balaban J connectivity index is 1.32. The molecule has 2 N–H and O–H groups in total. The minimum Gasteiger partial charge on any atom is -0.504 e. The fourth-order valence-electron chi connectivity index (χ4n) is 4.27. The Morgan fingerprint density at radius 1 is 1.17 bits per heavy atom. The number of carbonyl (C=O) groups is 1. The minimum absolute atomic E-state index is 0.0245. The number of anilines is 1. The van der Waals surface area contributed by atoms with E-state index in [0.717, 1.165) is 50.6 Å². The standard InChI is InChI=1S/C26H26ClN3O6/c1-33-23-15-22(36-29-23)25(31)24-19-13-18(20(27)14-21(19)28-26(24)32)16-3-5-17(6-4-16)35-10-2-7-30-8-11-34-12-9-30/h3-6,13-15,31H,2,7-12H2,1H3,(H,28,32). The van der Waals surface area contributed by atoms with Crippen LogP contribution >= 0.6 is 11.6 Å². The van der Waals surface area contributed by atoms with Crippen molar-refractivity contribution in [3.8, 4) is 22.8 Å². The van der Waals surface area contributed by atoms with E-state index in [1.165, 1.54) is 13.2 Å². The molecule has 0 bridgehead atoms. The smallest absolute Gasteiger partial charge is 0.260 e. The van der Waals surface area contributed by atoms with Crippen molar-refractivity contribution in [1.82, 2.24) is 10.1 Å². The van der Waals surface area contributed by atoms with Crippen molar-refractivity contribution in [3.63, 3.8) is 0 Å². The average molecular weight is 512 g/mol. The monoisotopic (exact) mass is 511 g/mol. The number of carbonyl (C=O) groups excluding carboxylic acids is 1. The molecule has 0 aliphatic carbocycles. The molecule has 2 aliphatic heterocycles. The van der Waals surface area contributed by atoms with Crippen molar-refractivity contribution in [3.05, 3.63) is 58.8 Å². The molecule has 0 atom stereocenters. The molecule has 36 heavy (non-hydrogen) atoms. The predicted molar refractivity (Wildman–Crippen MR) is 135 cm³/mol. The van der Waals surface area contributed by atoms with Gasteiger partial charge in [0.1, 0.15) is 5.75 Å². The Bertz CT molecular complexity index is 1280. The maximum Gasteiger partial charge on any atom is 0.260 e. The zero-order valence-corrected chi connectivity index (χ0v) is 20.5. The maximum absolute atomic E-state index is 12.7. The fourth-order valence-corrected chi connectivity index (χ4v) is 4.54. The first kappa shape index (κ1) is 24.2. The van der Waals surface area contributed by atoms with Gasteiger partial charge in [-0.15, -0.1) is 0 Å². The van der Waals surface area contributed by atoms with E-state index in [2.05, 4.69) is 15.4 Å². The van der Waals surface area contributed by atoms with E-state index in [0.29, 0.717) is 28.4 Å². The molecule has 0 unspecified atom stereocenters. The van der Waals surface area contributed by atoms with E-state index in [9.17, 15) is 9.90 Å². The van der Waals surface area contributed by atoms with Crippen molar-refractivity contribution in [2.45, 2.75) is 6.42 Å². The third kappa shape index (κ3) is 5.04. The summed E-state index contributed by atoms with van der Waals surface area (Å²) in [5, 5.41) is 17.7.